The SMILES string of the molecule is CCC(=O)n1c(=O)n(-c2ccc(C[C@H](Nc3nc(N(CC)CC)ncc3CC(F)(F)F)C(=O)O)cc2)c2ccccc21. The molecule has 2 N–H and O–H groups in total. The van der Waals surface area contributed by atoms with E-state index in [2.05, 4.69) is 15.3 Å². The fourth-order valence-electron chi connectivity index (χ4n) is 4.71. The van der Waals surface area contributed by atoms with E-state index in [1.165, 1.54) is 4.57 Å². The first-order valence-corrected chi connectivity index (χ1v) is 13.5. The summed E-state index contributed by atoms with van der Waals surface area (Å²) in [5.74, 6) is -1.64. The van der Waals surface area contributed by atoms with E-state index in [1.54, 1.807) is 60.4 Å². The molecule has 2 heterocycles. The molecule has 0 aliphatic rings. The molecule has 10 nitrogen and oxygen atoms in total. The molecule has 13 heteroatoms. The molecule has 42 heavy (non-hydrogen) atoms. The number of alkyl halides is 3. The number of carboxylic acids is 1. The molecule has 0 amide bonds. The smallest absolute Gasteiger partial charge is 0.393 e. The zero-order valence-electron chi connectivity index (χ0n) is 23.4. The number of fused-ring (bicyclic) bond motifs is 1. The van der Waals surface area contributed by atoms with E-state index in [1.807, 2.05) is 13.8 Å². The van der Waals surface area contributed by atoms with E-state index < -0.39 is 30.3 Å². The predicted octanol–water partition coefficient (Wildman–Crippen LogP) is 4.69. The standard InChI is InChI=1S/C29H31F3N6O4/c1-4-24(39)38-23-10-8-7-9-22(23)37(28(38)42)20-13-11-18(12-14-20)15-21(26(40)41)34-25-19(16-29(30,31)32)17-33-27(35-25)36(5-2)6-3/h7-14,17,21H,4-6,15-16H2,1-3H3,(H,40,41)(H,33,34,35)/t21-/m0/s1. The number of benzene rings is 2. The highest BCUT2D eigenvalue weighted by Gasteiger charge is 2.31. The van der Waals surface area contributed by atoms with Gasteiger partial charge in [0.05, 0.1) is 23.1 Å². The van der Waals surface area contributed by atoms with E-state index in [0.717, 1.165) is 10.8 Å². The number of carbonyl (C=O) groups is 2. The van der Waals surface area contributed by atoms with Crippen molar-refractivity contribution in [2.24, 2.45) is 0 Å². The minimum Gasteiger partial charge on any atom is -0.480 e. The average molecular weight is 585 g/mol. The lowest BCUT2D eigenvalue weighted by molar-refractivity contribution is -0.137. The summed E-state index contributed by atoms with van der Waals surface area (Å²) in [6.07, 6.45) is -4.74. The molecule has 0 saturated heterocycles. The Balaban J connectivity index is 1.65. The van der Waals surface area contributed by atoms with Gasteiger partial charge in [0.2, 0.25) is 11.9 Å². The highest BCUT2D eigenvalue weighted by Crippen LogP contribution is 2.27. The maximum Gasteiger partial charge on any atom is 0.393 e. The van der Waals surface area contributed by atoms with Crippen molar-refractivity contribution in [3.8, 4) is 5.69 Å². The Kier molecular flexibility index (Phi) is 8.98. The second-order valence-corrected chi connectivity index (χ2v) is 9.60. The molecule has 0 aliphatic carbocycles. The van der Waals surface area contributed by atoms with Gasteiger partial charge in [-0.3, -0.25) is 9.36 Å². The van der Waals surface area contributed by atoms with Gasteiger partial charge >= 0.3 is 17.8 Å². The fourth-order valence-corrected chi connectivity index (χ4v) is 4.71. The minimum absolute atomic E-state index is 0.0867. The number of anilines is 2. The molecular formula is C29H31F3N6O4. The Morgan fingerprint density at radius 2 is 1.67 bits per heavy atom. The summed E-state index contributed by atoms with van der Waals surface area (Å²) >= 11 is 0. The Labute approximate surface area is 239 Å². The number of carboxylic acid groups (broad SMARTS) is 1. The van der Waals surface area contributed by atoms with E-state index in [-0.39, 0.29) is 36.1 Å². The quantitative estimate of drug-likeness (QED) is 0.260. The summed E-state index contributed by atoms with van der Waals surface area (Å²) in [6.45, 7) is 6.39. The van der Waals surface area contributed by atoms with E-state index in [0.29, 0.717) is 35.4 Å². The van der Waals surface area contributed by atoms with Crippen LogP contribution >= 0.6 is 0 Å². The van der Waals surface area contributed by atoms with Crippen LogP contribution in [0, 0.1) is 0 Å². The van der Waals surface area contributed by atoms with Crippen LogP contribution in [0.25, 0.3) is 16.7 Å². The second-order valence-electron chi connectivity index (χ2n) is 9.60. The Morgan fingerprint density at radius 3 is 2.24 bits per heavy atom. The summed E-state index contributed by atoms with van der Waals surface area (Å²) in [6, 6.07) is 12.1. The number of para-hydroxylation sites is 2. The van der Waals surface area contributed by atoms with Gasteiger partial charge in [0.15, 0.2) is 0 Å². The first kappa shape index (κ1) is 30.3. The predicted molar refractivity (Wildman–Crippen MR) is 153 cm³/mol. The summed E-state index contributed by atoms with van der Waals surface area (Å²) < 4.78 is 42.3. The lowest BCUT2D eigenvalue weighted by Crippen LogP contribution is -2.33. The summed E-state index contributed by atoms with van der Waals surface area (Å²) in [5, 5.41) is 12.6. The van der Waals surface area contributed by atoms with Crippen molar-refractivity contribution in [2.75, 3.05) is 23.3 Å². The van der Waals surface area contributed by atoms with Crippen LogP contribution in [0.3, 0.4) is 0 Å². The van der Waals surface area contributed by atoms with Crippen molar-refractivity contribution in [1.82, 2.24) is 19.1 Å². The molecule has 0 fully saturated rings. The zero-order chi connectivity index (χ0) is 30.6. The summed E-state index contributed by atoms with van der Waals surface area (Å²) in [4.78, 5) is 48.0. The third-order valence-electron chi connectivity index (χ3n) is 6.83. The maximum atomic E-state index is 13.3. The summed E-state index contributed by atoms with van der Waals surface area (Å²) in [7, 11) is 0. The van der Waals surface area contributed by atoms with Crippen LogP contribution in [-0.4, -0.2) is 61.4 Å². The molecule has 2 aromatic heterocycles. The van der Waals surface area contributed by atoms with E-state index in [4.69, 9.17) is 0 Å². The third-order valence-corrected chi connectivity index (χ3v) is 6.83. The molecule has 0 saturated carbocycles. The molecule has 0 unspecified atom stereocenters. The van der Waals surface area contributed by atoms with Gasteiger partial charge in [0.25, 0.3) is 0 Å². The number of imidazole rings is 1. The molecule has 222 valence electrons. The summed E-state index contributed by atoms with van der Waals surface area (Å²) in [5.41, 5.74) is 1.23. The first-order chi connectivity index (χ1) is 20.0. The molecule has 0 spiro atoms. The van der Waals surface area contributed by atoms with Gasteiger partial charge in [-0.1, -0.05) is 31.2 Å². The molecular weight excluding hydrogens is 553 g/mol. The van der Waals surface area contributed by atoms with E-state index in [9.17, 15) is 32.7 Å². The van der Waals surface area contributed by atoms with Crippen molar-refractivity contribution >= 4 is 34.7 Å². The number of carbonyl (C=O) groups excluding carboxylic acids is 1. The molecule has 1 atom stereocenters. The van der Waals surface area contributed by atoms with Gasteiger partial charge < -0.3 is 15.3 Å². The van der Waals surface area contributed by atoms with Crippen LogP contribution in [0.2, 0.25) is 0 Å². The topological polar surface area (TPSA) is 122 Å². The van der Waals surface area contributed by atoms with Crippen molar-refractivity contribution in [3.05, 3.63) is 76.3 Å². The maximum absolute atomic E-state index is 13.3. The number of hydrogen-bond acceptors (Lipinski definition) is 7. The Bertz CT molecular complexity index is 1640. The largest absolute Gasteiger partial charge is 0.480 e. The Hall–Kier alpha value is -4.68. The molecule has 0 aliphatic heterocycles. The monoisotopic (exact) mass is 584 g/mol. The molecule has 0 radical (unpaired) electrons. The molecule has 0 bridgehead atoms. The lowest BCUT2D eigenvalue weighted by Gasteiger charge is -2.22. The number of halogens is 3. The van der Waals surface area contributed by atoms with Gasteiger partial charge in [-0.25, -0.2) is 19.1 Å². The van der Waals surface area contributed by atoms with Crippen LogP contribution in [0.15, 0.2) is 59.5 Å². The molecule has 4 aromatic rings. The van der Waals surface area contributed by atoms with Gasteiger partial charge in [-0.05, 0) is 43.7 Å². The number of aromatic nitrogens is 4. The minimum atomic E-state index is -4.55. The number of hydrogen-bond donors (Lipinski definition) is 2. The number of aliphatic carboxylic acids is 1. The molecule has 2 aromatic carbocycles. The zero-order valence-corrected chi connectivity index (χ0v) is 23.4. The number of nitrogens with zero attached hydrogens (tertiary/aromatic N) is 5. The van der Waals surface area contributed by atoms with Crippen molar-refractivity contribution in [1.29, 1.82) is 0 Å². The van der Waals surface area contributed by atoms with Gasteiger partial charge in [0, 0.05) is 37.7 Å². The van der Waals surface area contributed by atoms with Crippen LogP contribution in [0.1, 0.15) is 43.1 Å². The third kappa shape index (κ3) is 6.45. The normalized spacial score (nSPS) is 12.3. The second kappa shape index (κ2) is 12.5. The van der Waals surface area contributed by atoms with Gasteiger partial charge in [-0.15, -0.1) is 0 Å². The van der Waals surface area contributed by atoms with Gasteiger partial charge in [-0.2, -0.15) is 18.2 Å². The fraction of sp³-hybridized carbons (Fsp3) is 0.345. The van der Waals surface area contributed by atoms with Crippen molar-refractivity contribution in [2.45, 2.75) is 52.3 Å². The van der Waals surface area contributed by atoms with Crippen LogP contribution in [-0.2, 0) is 17.6 Å². The van der Waals surface area contributed by atoms with Crippen molar-refractivity contribution in [3.63, 3.8) is 0 Å². The average Bonchev–Trinajstić information content (AvgIpc) is 3.25. The number of rotatable bonds is 11. The molecule has 4 rings (SSSR count). The lowest BCUT2D eigenvalue weighted by atomic mass is 10.0. The highest BCUT2D eigenvalue weighted by molar-refractivity contribution is 5.91. The highest BCUT2D eigenvalue weighted by atomic mass is 19.4. The van der Waals surface area contributed by atoms with Crippen LogP contribution < -0.4 is 15.9 Å². The van der Waals surface area contributed by atoms with Crippen molar-refractivity contribution < 1.29 is 27.9 Å². The van der Waals surface area contributed by atoms with Gasteiger partial charge in [0.1, 0.15) is 11.9 Å². The first-order valence-electron chi connectivity index (χ1n) is 13.5. The van der Waals surface area contributed by atoms with E-state index >= 15 is 0 Å². The number of nitrogens with one attached hydrogen (secondary N) is 1. The Morgan fingerprint density at radius 1 is 1.02 bits per heavy atom. The van der Waals surface area contributed by atoms with Crippen LogP contribution in [0.4, 0.5) is 24.9 Å². The van der Waals surface area contributed by atoms with Crippen LogP contribution in [0.5, 0.6) is 0 Å².